The standard InChI is InChI=1S/C12H18N4O4S/c1-8-4-3-5-9(2)15(8)21(19,20)10-6-11(16(17)18)12(13)14-7-10/h6-9H,3-5H2,1-2H3,(H2,13,14). The van der Waals surface area contributed by atoms with Crippen LogP contribution in [0.3, 0.4) is 0 Å². The average molecular weight is 314 g/mol. The Kier molecular flexibility index (Phi) is 4.15. The molecule has 2 atom stereocenters. The summed E-state index contributed by atoms with van der Waals surface area (Å²) in [6.45, 7) is 3.68. The number of aromatic nitrogens is 1. The topological polar surface area (TPSA) is 119 Å². The van der Waals surface area contributed by atoms with Gasteiger partial charge in [-0.3, -0.25) is 10.1 Å². The zero-order valence-corrected chi connectivity index (χ0v) is 12.7. The number of anilines is 1. The quantitative estimate of drug-likeness (QED) is 0.667. The van der Waals surface area contributed by atoms with Gasteiger partial charge in [0.15, 0.2) is 0 Å². The lowest BCUT2D eigenvalue weighted by Crippen LogP contribution is -2.47. The van der Waals surface area contributed by atoms with Gasteiger partial charge < -0.3 is 5.73 Å². The molecule has 0 aromatic carbocycles. The van der Waals surface area contributed by atoms with Crippen LogP contribution in [-0.2, 0) is 10.0 Å². The van der Waals surface area contributed by atoms with Crippen LogP contribution >= 0.6 is 0 Å². The minimum absolute atomic E-state index is 0.143. The summed E-state index contributed by atoms with van der Waals surface area (Å²) in [4.78, 5) is 13.6. The maximum Gasteiger partial charge on any atom is 0.312 e. The highest BCUT2D eigenvalue weighted by atomic mass is 32.2. The second-order valence-electron chi connectivity index (χ2n) is 5.30. The molecule has 1 saturated heterocycles. The summed E-state index contributed by atoms with van der Waals surface area (Å²) in [5.41, 5.74) is 4.91. The summed E-state index contributed by atoms with van der Waals surface area (Å²) >= 11 is 0. The first-order valence-electron chi connectivity index (χ1n) is 6.68. The van der Waals surface area contributed by atoms with E-state index in [0.29, 0.717) is 0 Å². The van der Waals surface area contributed by atoms with Gasteiger partial charge in [0.1, 0.15) is 4.90 Å². The van der Waals surface area contributed by atoms with Gasteiger partial charge in [0, 0.05) is 24.3 Å². The van der Waals surface area contributed by atoms with Crippen LogP contribution in [0.5, 0.6) is 0 Å². The lowest BCUT2D eigenvalue weighted by molar-refractivity contribution is -0.384. The Labute approximate surface area is 123 Å². The van der Waals surface area contributed by atoms with E-state index in [1.165, 1.54) is 4.31 Å². The number of piperidine rings is 1. The second kappa shape index (κ2) is 5.57. The van der Waals surface area contributed by atoms with Crippen molar-refractivity contribution in [1.29, 1.82) is 0 Å². The fourth-order valence-corrected chi connectivity index (χ4v) is 4.57. The van der Waals surface area contributed by atoms with E-state index in [1.54, 1.807) is 0 Å². The van der Waals surface area contributed by atoms with Gasteiger partial charge in [0.05, 0.1) is 4.92 Å². The van der Waals surface area contributed by atoms with Gasteiger partial charge in [0.2, 0.25) is 15.8 Å². The summed E-state index contributed by atoms with van der Waals surface area (Å²) in [6.07, 6.45) is 3.59. The second-order valence-corrected chi connectivity index (χ2v) is 7.14. The average Bonchev–Trinajstić information content (AvgIpc) is 2.38. The maximum atomic E-state index is 12.7. The zero-order valence-electron chi connectivity index (χ0n) is 11.9. The normalized spacial score (nSPS) is 23.9. The molecule has 1 aliphatic heterocycles. The Morgan fingerprint density at radius 2 is 1.95 bits per heavy atom. The third kappa shape index (κ3) is 2.84. The Morgan fingerprint density at radius 1 is 1.38 bits per heavy atom. The van der Waals surface area contributed by atoms with Crippen molar-refractivity contribution in [3.63, 3.8) is 0 Å². The molecular formula is C12H18N4O4S. The number of hydrogen-bond donors (Lipinski definition) is 1. The SMILES string of the molecule is CC1CCCC(C)N1S(=O)(=O)c1cnc(N)c([N+](=O)[O-])c1. The van der Waals surface area contributed by atoms with Gasteiger partial charge >= 0.3 is 5.69 Å². The summed E-state index contributed by atoms with van der Waals surface area (Å²) in [5, 5.41) is 10.9. The number of nitro groups is 1. The third-order valence-electron chi connectivity index (χ3n) is 3.76. The molecule has 21 heavy (non-hydrogen) atoms. The largest absolute Gasteiger partial charge is 0.378 e. The van der Waals surface area contributed by atoms with Crippen molar-refractivity contribution in [2.45, 2.75) is 50.1 Å². The summed E-state index contributed by atoms with van der Waals surface area (Å²) in [6, 6.07) is 0.692. The van der Waals surface area contributed by atoms with E-state index in [-0.39, 0.29) is 22.8 Å². The molecule has 0 radical (unpaired) electrons. The molecule has 0 bridgehead atoms. The van der Waals surface area contributed by atoms with Crippen molar-refractivity contribution in [2.75, 3.05) is 5.73 Å². The van der Waals surface area contributed by atoms with E-state index in [1.807, 2.05) is 13.8 Å². The molecule has 1 fully saturated rings. The van der Waals surface area contributed by atoms with Gasteiger partial charge in [-0.15, -0.1) is 0 Å². The summed E-state index contributed by atoms with van der Waals surface area (Å²) in [5.74, 6) is -0.293. The number of sulfonamides is 1. The highest BCUT2D eigenvalue weighted by Crippen LogP contribution is 2.31. The summed E-state index contributed by atoms with van der Waals surface area (Å²) < 4.78 is 26.8. The number of hydrogen-bond acceptors (Lipinski definition) is 6. The Hall–Kier alpha value is -1.74. The molecule has 8 nitrogen and oxygen atoms in total. The van der Waals surface area contributed by atoms with Crippen molar-refractivity contribution >= 4 is 21.5 Å². The van der Waals surface area contributed by atoms with Crippen LogP contribution in [0, 0.1) is 10.1 Å². The molecule has 0 aliphatic carbocycles. The number of nitrogens with zero attached hydrogens (tertiary/aromatic N) is 3. The molecule has 2 rings (SSSR count). The molecule has 1 aromatic heterocycles. The van der Waals surface area contributed by atoms with E-state index in [4.69, 9.17) is 5.73 Å². The van der Waals surface area contributed by atoms with Gasteiger partial charge in [0.25, 0.3) is 0 Å². The predicted octanol–water partition coefficient (Wildman–Crippen LogP) is 1.52. The number of rotatable bonds is 3. The van der Waals surface area contributed by atoms with Crippen molar-refractivity contribution in [3.8, 4) is 0 Å². The van der Waals surface area contributed by atoms with E-state index in [0.717, 1.165) is 31.5 Å². The van der Waals surface area contributed by atoms with Gasteiger partial charge in [-0.2, -0.15) is 4.31 Å². The maximum absolute atomic E-state index is 12.7. The molecule has 9 heteroatoms. The summed E-state index contributed by atoms with van der Waals surface area (Å²) in [7, 11) is -3.82. The minimum Gasteiger partial charge on any atom is -0.378 e. The van der Waals surface area contributed by atoms with Crippen molar-refractivity contribution < 1.29 is 13.3 Å². The third-order valence-corrected chi connectivity index (χ3v) is 5.85. The molecule has 0 amide bonds. The molecular weight excluding hydrogens is 296 g/mol. The van der Waals surface area contributed by atoms with Crippen LogP contribution in [0.4, 0.5) is 11.5 Å². The molecule has 0 saturated carbocycles. The predicted molar refractivity (Wildman–Crippen MR) is 77.1 cm³/mol. The van der Waals surface area contributed by atoms with Crippen LogP contribution in [0.25, 0.3) is 0 Å². The molecule has 2 unspecified atom stereocenters. The molecule has 1 aromatic rings. The van der Waals surface area contributed by atoms with Crippen LogP contribution in [0.15, 0.2) is 17.2 Å². The van der Waals surface area contributed by atoms with E-state index >= 15 is 0 Å². The van der Waals surface area contributed by atoms with Crippen molar-refractivity contribution in [1.82, 2.24) is 9.29 Å². The lowest BCUT2D eigenvalue weighted by Gasteiger charge is -2.37. The monoisotopic (exact) mass is 314 g/mol. The van der Waals surface area contributed by atoms with Crippen molar-refractivity contribution in [3.05, 3.63) is 22.4 Å². The molecule has 2 heterocycles. The minimum atomic E-state index is -3.82. The molecule has 1 aliphatic rings. The smallest absolute Gasteiger partial charge is 0.312 e. The highest BCUT2D eigenvalue weighted by molar-refractivity contribution is 7.89. The fraction of sp³-hybridized carbons (Fsp3) is 0.583. The van der Waals surface area contributed by atoms with Crippen LogP contribution in [0.1, 0.15) is 33.1 Å². The lowest BCUT2D eigenvalue weighted by atomic mass is 10.0. The molecule has 0 spiro atoms. The van der Waals surface area contributed by atoms with E-state index in [2.05, 4.69) is 4.98 Å². The molecule has 116 valence electrons. The fourth-order valence-electron chi connectivity index (χ4n) is 2.73. The Bertz CT molecular complexity index is 651. The highest BCUT2D eigenvalue weighted by Gasteiger charge is 2.36. The van der Waals surface area contributed by atoms with Crippen LogP contribution in [-0.4, -0.2) is 34.7 Å². The van der Waals surface area contributed by atoms with Crippen LogP contribution < -0.4 is 5.73 Å². The zero-order chi connectivity index (χ0) is 15.8. The van der Waals surface area contributed by atoms with Gasteiger partial charge in [-0.05, 0) is 26.7 Å². The number of nitrogen functional groups attached to an aromatic ring is 1. The van der Waals surface area contributed by atoms with Gasteiger partial charge in [-0.1, -0.05) is 6.42 Å². The Morgan fingerprint density at radius 3 is 2.48 bits per heavy atom. The van der Waals surface area contributed by atoms with Crippen LogP contribution in [0.2, 0.25) is 0 Å². The Balaban J connectivity index is 2.48. The first kappa shape index (κ1) is 15.6. The first-order chi connectivity index (χ1) is 9.75. The van der Waals surface area contributed by atoms with Crippen molar-refractivity contribution in [2.24, 2.45) is 0 Å². The molecule has 2 N–H and O–H groups in total. The number of nitrogens with two attached hydrogens (primary N) is 1. The van der Waals surface area contributed by atoms with Gasteiger partial charge in [-0.25, -0.2) is 13.4 Å². The number of pyridine rings is 1. The first-order valence-corrected chi connectivity index (χ1v) is 8.12. The van der Waals surface area contributed by atoms with E-state index < -0.39 is 20.6 Å². The van der Waals surface area contributed by atoms with E-state index in [9.17, 15) is 18.5 Å².